The fourth-order valence-electron chi connectivity index (χ4n) is 2.82. The molecule has 0 saturated carbocycles. The summed E-state index contributed by atoms with van der Waals surface area (Å²) in [7, 11) is 0. The first kappa shape index (κ1) is 12.0. The summed E-state index contributed by atoms with van der Waals surface area (Å²) in [5, 5.41) is 8.80. The van der Waals surface area contributed by atoms with Crippen LogP contribution in [0.4, 0.5) is 0 Å². The molecule has 0 amide bonds. The van der Waals surface area contributed by atoms with E-state index in [1.165, 1.54) is 23.2 Å². The first-order chi connectivity index (χ1) is 9.28. The van der Waals surface area contributed by atoms with Crippen LogP contribution in [0.25, 0.3) is 0 Å². The molecule has 0 saturated heterocycles. The summed E-state index contributed by atoms with van der Waals surface area (Å²) in [6.07, 6.45) is 5.51. The standard InChI is InChI=1S/C16H17N3/c17-10-12-4-6-13(7-5-12)11-19-9-8-14-15(18)2-1-3-16(14)19/h4-9,15H,1-3,11,18H2. The van der Waals surface area contributed by atoms with Gasteiger partial charge in [0.2, 0.25) is 0 Å². The Morgan fingerprint density at radius 3 is 2.79 bits per heavy atom. The Bertz CT molecular complexity index is 616. The highest BCUT2D eigenvalue weighted by molar-refractivity contribution is 5.33. The number of fused-ring (bicyclic) bond motifs is 1. The molecular weight excluding hydrogens is 234 g/mol. The van der Waals surface area contributed by atoms with Gasteiger partial charge in [0.05, 0.1) is 11.6 Å². The molecule has 0 bridgehead atoms. The summed E-state index contributed by atoms with van der Waals surface area (Å²) in [6.45, 7) is 0.855. The van der Waals surface area contributed by atoms with Crippen LogP contribution in [0.5, 0.6) is 0 Å². The molecule has 1 aliphatic rings. The number of rotatable bonds is 2. The first-order valence-corrected chi connectivity index (χ1v) is 6.70. The molecule has 0 fully saturated rings. The van der Waals surface area contributed by atoms with Gasteiger partial charge in [-0.1, -0.05) is 12.1 Å². The summed E-state index contributed by atoms with van der Waals surface area (Å²) < 4.78 is 2.29. The summed E-state index contributed by atoms with van der Waals surface area (Å²) >= 11 is 0. The van der Waals surface area contributed by atoms with Crippen LogP contribution in [-0.4, -0.2) is 4.57 Å². The zero-order chi connectivity index (χ0) is 13.2. The van der Waals surface area contributed by atoms with Gasteiger partial charge in [-0.15, -0.1) is 0 Å². The van der Waals surface area contributed by atoms with E-state index in [0.717, 1.165) is 19.4 Å². The van der Waals surface area contributed by atoms with E-state index in [1.807, 2.05) is 24.3 Å². The van der Waals surface area contributed by atoms with Crippen LogP contribution in [0, 0.1) is 11.3 Å². The lowest BCUT2D eigenvalue weighted by Gasteiger charge is -2.21. The van der Waals surface area contributed by atoms with Gasteiger partial charge in [-0.25, -0.2) is 0 Å². The molecule has 19 heavy (non-hydrogen) atoms. The lowest BCUT2D eigenvalue weighted by Crippen LogP contribution is -2.18. The van der Waals surface area contributed by atoms with Gasteiger partial charge < -0.3 is 10.3 Å². The normalized spacial score (nSPS) is 17.8. The number of aromatic nitrogens is 1. The Labute approximate surface area is 113 Å². The number of nitrogens with zero attached hydrogens (tertiary/aromatic N) is 2. The van der Waals surface area contributed by atoms with Crippen LogP contribution < -0.4 is 5.73 Å². The summed E-state index contributed by atoms with van der Waals surface area (Å²) in [4.78, 5) is 0. The Kier molecular flexibility index (Phi) is 3.10. The van der Waals surface area contributed by atoms with Crippen molar-refractivity contribution in [3.05, 3.63) is 58.9 Å². The maximum Gasteiger partial charge on any atom is 0.0991 e. The highest BCUT2D eigenvalue weighted by atomic mass is 15.0. The molecule has 0 radical (unpaired) electrons. The van der Waals surface area contributed by atoms with Crippen molar-refractivity contribution < 1.29 is 0 Å². The minimum Gasteiger partial charge on any atom is -0.347 e. The van der Waals surface area contributed by atoms with Crippen molar-refractivity contribution in [1.82, 2.24) is 4.57 Å². The number of nitrogens with two attached hydrogens (primary N) is 1. The van der Waals surface area contributed by atoms with Crippen molar-refractivity contribution in [3.63, 3.8) is 0 Å². The molecule has 3 nitrogen and oxygen atoms in total. The third-order valence-corrected chi connectivity index (χ3v) is 3.88. The molecule has 2 N–H and O–H groups in total. The summed E-state index contributed by atoms with van der Waals surface area (Å²) in [5.41, 5.74) is 10.8. The van der Waals surface area contributed by atoms with E-state index in [4.69, 9.17) is 11.0 Å². The lowest BCUT2D eigenvalue weighted by molar-refractivity contribution is 0.548. The average Bonchev–Trinajstić information content (AvgIpc) is 2.84. The van der Waals surface area contributed by atoms with E-state index in [-0.39, 0.29) is 6.04 Å². The van der Waals surface area contributed by atoms with Gasteiger partial charge in [-0.3, -0.25) is 0 Å². The van der Waals surface area contributed by atoms with E-state index >= 15 is 0 Å². The molecule has 96 valence electrons. The van der Waals surface area contributed by atoms with Crippen LogP contribution in [0.15, 0.2) is 36.5 Å². The predicted octanol–water partition coefficient (Wildman–Crippen LogP) is 2.74. The molecule has 3 rings (SSSR count). The van der Waals surface area contributed by atoms with Gasteiger partial charge in [0.1, 0.15) is 0 Å². The number of nitriles is 1. The zero-order valence-electron chi connectivity index (χ0n) is 10.8. The largest absolute Gasteiger partial charge is 0.347 e. The van der Waals surface area contributed by atoms with Crippen LogP contribution in [0.3, 0.4) is 0 Å². The zero-order valence-corrected chi connectivity index (χ0v) is 10.8. The average molecular weight is 251 g/mol. The minimum absolute atomic E-state index is 0.200. The molecule has 3 heteroatoms. The molecule has 1 aliphatic carbocycles. The van der Waals surface area contributed by atoms with Gasteiger partial charge in [0.15, 0.2) is 0 Å². The monoisotopic (exact) mass is 251 g/mol. The molecule has 1 aromatic carbocycles. The highest BCUT2D eigenvalue weighted by Crippen LogP contribution is 2.29. The third-order valence-electron chi connectivity index (χ3n) is 3.88. The fourth-order valence-corrected chi connectivity index (χ4v) is 2.82. The second kappa shape index (κ2) is 4.91. The van der Waals surface area contributed by atoms with E-state index in [2.05, 4.69) is 22.9 Å². The summed E-state index contributed by atoms with van der Waals surface area (Å²) in [6, 6.07) is 12.3. The van der Waals surface area contributed by atoms with Crippen molar-refractivity contribution in [2.75, 3.05) is 0 Å². The van der Waals surface area contributed by atoms with E-state index in [1.54, 1.807) is 0 Å². The van der Waals surface area contributed by atoms with E-state index < -0.39 is 0 Å². The topological polar surface area (TPSA) is 54.7 Å². The predicted molar refractivity (Wildman–Crippen MR) is 74.6 cm³/mol. The van der Waals surface area contributed by atoms with Crippen LogP contribution >= 0.6 is 0 Å². The van der Waals surface area contributed by atoms with Gasteiger partial charge in [0.25, 0.3) is 0 Å². The van der Waals surface area contributed by atoms with Crippen LogP contribution in [-0.2, 0) is 13.0 Å². The molecule has 2 aromatic rings. The van der Waals surface area contributed by atoms with Crippen molar-refractivity contribution in [2.24, 2.45) is 5.73 Å². The van der Waals surface area contributed by atoms with Crippen molar-refractivity contribution >= 4 is 0 Å². The molecule has 1 atom stereocenters. The minimum atomic E-state index is 0.200. The fraction of sp³-hybridized carbons (Fsp3) is 0.312. The van der Waals surface area contributed by atoms with Crippen LogP contribution in [0.1, 0.15) is 41.3 Å². The summed E-state index contributed by atoms with van der Waals surface area (Å²) in [5.74, 6) is 0. The van der Waals surface area contributed by atoms with Gasteiger partial charge in [0, 0.05) is 24.5 Å². The Balaban J connectivity index is 1.85. The third kappa shape index (κ3) is 2.27. The number of hydrogen-bond donors (Lipinski definition) is 1. The molecule has 0 aliphatic heterocycles. The molecule has 1 heterocycles. The highest BCUT2D eigenvalue weighted by Gasteiger charge is 2.19. The first-order valence-electron chi connectivity index (χ1n) is 6.70. The van der Waals surface area contributed by atoms with Crippen LogP contribution in [0.2, 0.25) is 0 Å². The maximum atomic E-state index is 8.80. The molecular formula is C16H17N3. The smallest absolute Gasteiger partial charge is 0.0991 e. The van der Waals surface area contributed by atoms with E-state index in [9.17, 15) is 0 Å². The lowest BCUT2D eigenvalue weighted by atomic mass is 9.93. The molecule has 0 spiro atoms. The number of benzene rings is 1. The molecule has 1 unspecified atom stereocenters. The number of hydrogen-bond acceptors (Lipinski definition) is 2. The quantitative estimate of drug-likeness (QED) is 0.892. The maximum absolute atomic E-state index is 8.80. The second-order valence-electron chi connectivity index (χ2n) is 5.15. The van der Waals surface area contributed by atoms with Crippen molar-refractivity contribution in [1.29, 1.82) is 5.26 Å². The van der Waals surface area contributed by atoms with Gasteiger partial charge in [-0.05, 0) is 48.6 Å². The molecule has 1 aromatic heterocycles. The Hall–Kier alpha value is -2.05. The SMILES string of the molecule is N#Cc1ccc(Cn2ccc3c2CCCC3N)cc1. The Morgan fingerprint density at radius 2 is 2.05 bits per heavy atom. The van der Waals surface area contributed by atoms with Crippen molar-refractivity contribution in [3.8, 4) is 6.07 Å². The van der Waals surface area contributed by atoms with Gasteiger partial charge in [-0.2, -0.15) is 5.26 Å². The Morgan fingerprint density at radius 1 is 1.26 bits per heavy atom. The van der Waals surface area contributed by atoms with Crippen molar-refractivity contribution in [2.45, 2.75) is 31.8 Å². The van der Waals surface area contributed by atoms with Gasteiger partial charge >= 0.3 is 0 Å². The second-order valence-corrected chi connectivity index (χ2v) is 5.15. The van der Waals surface area contributed by atoms with E-state index in [0.29, 0.717) is 5.56 Å².